The zero-order chi connectivity index (χ0) is 20.3. The number of benzene rings is 2. The number of aromatic nitrogens is 3. The van der Waals surface area contributed by atoms with E-state index in [-0.39, 0.29) is 11.5 Å². The highest BCUT2D eigenvalue weighted by Gasteiger charge is 2.20. The zero-order valence-corrected chi connectivity index (χ0v) is 15.5. The van der Waals surface area contributed by atoms with Crippen LogP contribution in [0.5, 0.6) is 17.2 Å². The number of H-pyrrole nitrogens is 1. The number of nitrogens with one attached hydrogen (secondary N) is 1. The summed E-state index contributed by atoms with van der Waals surface area (Å²) in [4.78, 5) is 15.0. The van der Waals surface area contributed by atoms with E-state index in [0.29, 0.717) is 28.6 Å². The fourth-order valence-corrected chi connectivity index (χ4v) is 2.72. The number of hydrogen-bond acceptors (Lipinski definition) is 8. The molecule has 146 valence electrons. The molecule has 0 saturated carbocycles. The molecule has 10 nitrogen and oxygen atoms in total. The number of nitrogens with two attached hydrogens (primary N) is 1. The Labute approximate surface area is 160 Å². The normalized spacial score (nSPS) is 11.7. The predicted molar refractivity (Wildman–Crippen MR) is 101 cm³/mol. The molecule has 10 heteroatoms. The van der Waals surface area contributed by atoms with Crippen molar-refractivity contribution in [1.82, 2.24) is 15.2 Å². The van der Waals surface area contributed by atoms with Crippen molar-refractivity contribution in [3.63, 3.8) is 0 Å². The molecule has 0 aliphatic rings. The molecule has 2 aromatic carbocycles. The van der Waals surface area contributed by atoms with E-state index in [0.717, 1.165) is 5.56 Å². The van der Waals surface area contributed by atoms with Crippen LogP contribution in [0.4, 0.5) is 5.69 Å². The minimum Gasteiger partial charge on any atom is -0.496 e. The molecule has 0 aliphatic carbocycles. The van der Waals surface area contributed by atoms with Gasteiger partial charge in [0.15, 0.2) is 17.3 Å². The summed E-state index contributed by atoms with van der Waals surface area (Å²) in [6, 6.07) is 8.87. The lowest BCUT2D eigenvalue weighted by Gasteiger charge is -2.13. The third-order valence-electron chi connectivity index (χ3n) is 4.20. The molecule has 0 saturated heterocycles. The number of nitro benzene ring substituents is 1. The van der Waals surface area contributed by atoms with Crippen LogP contribution in [-0.2, 0) is 0 Å². The van der Waals surface area contributed by atoms with Gasteiger partial charge >= 0.3 is 0 Å². The Morgan fingerprint density at radius 3 is 2.36 bits per heavy atom. The van der Waals surface area contributed by atoms with E-state index in [9.17, 15) is 10.1 Å². The summed E-state index contributed by atoms with van der Waals surface area (Å²) in [6.45, 7) is 0. The number of hydrogen-bond donors (Lipinski definition) is 2. The molecule has 28 heavy (non-hydrogen) atoms. The molecule has 3 N–H and O–H groups in total. The first-order chi connectivity index (χ1) is 13.5. The second-order valence-electron chi connectivity index (χ2n) is 5.78. The largest absolute Gasteiger partial charge is 0.496 e. The van der Waals surface area contributed by atoms with Gasteiger partial charge in [0, 0.05) is 12.1 Å². The van der Waals surface area contributed by atoms with E-state index in [1.54, 1.807) is 25.3 Å². The van der Waals surface area contributed by atoms with Gasteiger partial charge in [0.1, 0.15) is 11.6 Å². The first-order valence-electron chi connectivity index (χ1n) is 8.21. The van der Waals surface area contributed by atoms with Crippen LogP contribution >= 0.6 is 0 Å². The second kappa shape index (κ2) is 7.92. The number of nitro groups is 1. The van der Waals surface area contributed by atoms with Crippen LogP contribution in [0.2, 0.25) is 0 Å². The smallest absolute Gasteiger partial charge is 0.270 e. The van der Waals surface area contributed by atoms with Crippen molar-refractivity contribution in [3.05, 3.63) is 57.9 Å². The Balaban J connectivity index is 1.96. The van der Waals surface area contributed by atoms with Gasteiger partial charge in [-0.1, -0.05) is 6.07 Å². The maximum absolute atomic E-state index is 11.1. The van der Waals surface area contributed by atoms with Crippen molar-refractivity contribution in [2.75, 3.05) is 21.3 Å². The van der Waals surface area contributed by atoms with Gasteiger partial charge in [-0.3, -0.25) is 15.2 Å². The molecule has 0 fully saturated rings. The lowest BCUT2D eigenvalue weighted by Crippen LogP contribution is -2.14. The minimum absolute atomic E-state index is 0.0914. The average Bonchev–Trinajstić information content (AvgIpc) is 3.22. The van der Waals surface area contributed by atoms with E-state index < -0.39 is 11.0 Å². The maximum Gasteiger partial charge on any atom is 0.270 e. The maximum atomic E-state index is 11.1. The molecular weight excluding hydrogens is 366 g/mol. The van der Waals surface area contributed by atoms with E-state index in [4.69, 9.17) is 19.9 Å². The molecule has 0 aliphatic heterocycles. The second-order valence-corrected chi connectivity index (χ2v) is 5.78. The topological polar surface area (TPSA) is 138 Å². The molecule has 1 atom stereocenters. The molecule has 0 radical (unpaired) electrons. The van der Waals surface area contributed by atoms with Gasteiger partial charge in [-0.25, -0.2) is 4.98 Å². The highest BCUT2D eigenvalue weighted by atomic mass is 16.6. The SMILES string of the molecule is COc1ccc([C@@H](N)c2nc(-c3cc([N+](=O)[O-])ccc3OC)n[nH]2)cc1OC. The van der Waals surface area contributed by atoms with Crippen molar-refractivity contribution in [1.29, 1.82) is 0 Å². The van der Waals surface area contributed by atoms with Gasteiger partial charge in [0.2, 0.25) is 0 Å². The fourth-order valence-electron chi connectivity index (χ4n) is 2.72. The van der Waals surface area contributed by atoms with Gasteiger partial charge in [0.25, 0.3) is 5.69 Å². The van der Waals surface area contributed by atoms with E-state index in [1.165, 1.54) is 32.4 Å². The first-order valence-corrected chi connectivity index (χ1v) is 8.21. The van der Waals surface area contributed by atoms with Gasteiger partial charge < -0.3 is 19.9 Å². The molecule has 0 spiro atoms. The Morgan fingerprint density at radius 1 is 1.04 bits per heavy atom. The lowest BCUT2D eigenvalue weighted by atomic mass is 10.1. The van der Waals surface area contributed by atoms with Crippen molar-refractivity contribution in [3.8, 4) is 28.6 Å². The molecule has 3 aromatic rings. The third kappa shape index (κ3) is 3.58. The van der Waals surface area contributed by atoms with Crippen LogP contribution in [0.15, 0.2) is 36.4 Å². The third-order valence-corrected chi connectivity index (χ3v) is 4.20. The highest BCUT2D eigenvalue weighted by molar-refractivity contribution is 5.67. The Bertz CT molecular complexity index is 1000. The van der Waals surface area contributed by atoms with Crippen molar-refractivity contribution in [2.45, 2.75) is 6.04 Å². The number of nitrogens with zero attached hydrogens (tertiary/aromatic N) is 3. The Kier molecular flexibility index (Phi) is 5.41. The number of non-ortho nitro benzene ring substituents is 1. The van der Waals surface area contributed by atoms with E-state index in [2.05, 4.69) is 15.2 Å². The van der Waals surface area contributed by atoms with E-state index >= 15 is 0 Å². The van der Waals surface area contributed by atoms with Crippen molar-refractivity contribution >= 4 is 5.69 Å². The van der Waals surface area contributed by atoms with Crippen LogP contribution in [0.25, 0.3) is 11.4 Å². The monoisotopic (exact) mass is 385 g/mol. The van der Waals surface area contributed by atoms with Crippen molar-refractivity contribution in [2.24, 2.45) is 5.73 Å². The van der Waals surface area contributed by atoms with Gasteiger partial charge in [-0.15, -0.1) is 0 Å². The number of aromatic amines is 1. The van der Waals surface area contributed by atoms with Crippen LogP contribution in [-0.4, -0.2) is 41.4 Å². The van der Waals surface area contributed by atoms with Crippen LogP contribution in [0, 0.1) is 10.1 Å². The Morgan fingerprint density at radius 2 is 1.71 bits per heavy atom. The number of methoxy groups -OCH3 is 3. The predicted octanol–water partition coefficient (Wildman–Crippen LogP) is 2.45. The lowest BCUT2D eigenvalue weighted by molar-refractivity contribution is -0.384. The average molecular weight is 385 g/mol. The van der Waals surface area contributed by atoms with E-state index in [1.807, 2.05) is 0 Å². The van der Waals surface area contributed by atoms with Crippen molar-refractivity contribution < 1.29 is 19.1 Å². The number of rotatable bonds is 7. The quantitative estimate of drug-likeness (QED) is 0.467. The summed E-state index contributed by atoms with van der Waals surface area (Å²) in [5.41, 5.74) is 7.33. The summed E-state index contributed by atoms with van der Waals surface area (Å²) >= 11 is 0. The Hall–Kier alpha value is -3.66. The van der Waals surface area contributed by atoms with Gasteiger partial charge in [-0.05, 0) is 23.8 Å². The number of ether oxygens (including phenoxy) is 3. The summed E-state index contributed by atoms with van der Waals surface area (Å²) in [5, 5.41) is 18.0. The summed E-state index contributed by atoms with van der Waals surface area (Å²) in [6.07, 6.45) is 0. The molecule has 1 heterocycles. The van der Waals surface area contributed by atoms with Crippen LogP contribution in [0.3, 0.4) is 0 Å². The summed E-state index contributed by atoms with van der Waals surface area (Å²) in [7, 11) is 4.55. The van der Waals surface area contributed by atoms with Gasteiger partial charge in [0.05, 0.1) is 37.9 Å². The minimum atomic E-state index is -0.620. The molecular formula is C18H19N5O5. The summed E-state index contributed by atoms with van der Waals surface area (Å²) in [5.74, 6) is 2.16. The zero-order valence-electron chi connectivity index (χ0n) is 15.5. The highest BCUT2D eigenvalue weighted by Crippen LogP contribution is 2.33. The van der Waals surface area contributed by atoms with Crippen LogP contribution < -0.4 is 19.9 Å². The molecule has 0 amide bonds. The standard InChI is InChI=1S/C18H19N5O5/c1-26-13-7-5-11(23(24)25)9-12(13)17-20-18(22-21-17)16(19)10-4-6-14(27-2)15(8-10)28-3/h4-9,16H,19H2,1-3H3,(H,20,21,22)/t16-/m1/s1. The molecule has 1 aromatic heterocycles. The molecule has 0 unspecified atom stereocenters. The van der Waals surface area contributed by atoms with Crippen LogP contribution in [0.1, 0.15) is 17.4 Å². The summed E-state index contributed by atoms with van der Waals surface area (Å²) < 4.78 is 15.8. The molecule has 3 rings (SSSR count). The van der Waals surface area contributed by atoms with Gasteiger partial charge in [-0.2, -0.15) is 5.10 Å². The fraction of sp³-hybridized carbons (Fsp3) is 0.222. The molecule has 0 bridgehead atoms. The first kappa shape index (κ1) is 19.1.